The number of rotatable bonds is 7. The molecule has 0 unspecified atom stereocenters. The van der Waals surface area contributed by atoms with Crippen LogP contribution in [0.25, 0.3) is 0 Å². The van der Waals surface area contributed by atoms with E-state index in [4.69, 9.17) is 4.74 Å². The Bertz CT molecular complexity index is 261. The van der Waals surface area contributed by atoms with E-state index in [1.54, 1.807) is 6.92 Å². The van der Waals surface area contributed by atoms with Gasteiger partial charge in [0.2, 0.25) is 0 Å². The molecule has 0 saturated heterocycles. The van der Waals surface area contributed by atoms with Crippen LogP contribution in [-0.2, 0) is 19.4 Å². The maximum Gasteiger partial charge on any atom is 0.307 e. The van der Waals surface area contributed by atoms with Gasteiger partial charge in [0.1, 0.15) is 9.84 Å². The van der Waals surface area contributed by atoms with Crippen molar-refractivity contribution in [3.05, 3.63) is 0 Å². The number of carbonyl (C=O) groups is 1. The minimum atomic E-state index is -2.91. The summed E-state index contributed by atoms with van der Waals surface area (Å²) in [5.74, 6) is -0.171. The van der Waals surface area contributed by atoms with Crippen molar-refractivity contribution in [3.63, 3.8) is 0 Å². The normalized spacial score (nSPS) is 11.3. The minimum Gasteiger partial charge on any atom is -0.466 e. The first-order chi connectivity index (χ1) is 6.45. The van der Waals surface area contributed by atoms with E-state index < -0.39 is 9.84 Å². The second kappa shape index (κ2) is 6.78. The maximum atomic E-state index is 10.8. The monoisotopic (exact) mass is 223 g/mol. The molecule has 0 aliphatic heterocycles. The highest BCUT2D eigenvalue weighted by atomic mass is 32.2. The highest BCUT2D eigenvalue weighted by Gasteiger charge is 2.02. The molecule has 0 aliphatic rings. The third kappa shape index (κ3) is 9.47. The second-order valence-electron chi connectivity index (χ2n) is 2.93. The number of esters is 1. The molecule has 0 aromatic heterocycles. The van der Waals surface area contributed by atoms with Crippen molar-refractivity contribution < 1.29 is 17.9 Å². The Labute approximate surface area is 84.7 Å². The third-order valence-electron chi connectivity index (χ3n) is 1.46. The molecule has 0 aromatic carbocycles. The van der Waals surface area contributed by atoms with Crippen molar-refractivity contribution in [3.8, 4) is 0 Å². The zero-order valence-corrected chi connectivity index (χ0v) is 9.39. The first-order valence-electron chi connectivity index (χ1n) is 4.49. The van der Waals surface area contributed by atoms with Crippen molar-refractivity contribution >= 4 is 15.8 Å². The van der Waals surface area contributed by atoms with Crippen LogP contribution in [0.1, 0.15) is 13.3 Å². The molecule has 0 aliphatic carbocycles. The van der Waals surface area contributed by atoms with Gasteiger partial charge < -0.3 is 10.1 Å². The Kier molecular flexibility index (Phi) is 6.48. The number of sulfone groups is 1. The maximum absolute atomic E-state index is 10.8. The molecular weight excluding hydrogens is 206 g/mol. The van der Waals surface area contributed by atoms with Crippen LogP contribution in [0.5, 0.6) is 0 Å². The van der Waals surface area contributed by atoms with Crippen LogP contribution in [0.3, 0.4) is 0 Å². The molecule has 0 aromatic rings. The standard InChI is InChI=1S/C8H17NO4S/c1-3-13-8(10)4-5-9-6-7-14(2,11)12/h9H,3-7H2,1-2H3. The van der Waals surface area contributed by atoms with E-state index >= 15 is 0 Å². The van der Waals surface area contributed by atoms with Gasteiger partial charge in [-0.2, -0.15) is 0 Å². The van der Waals surface area contributed by atoms with Crippen molar-refractivity contribution in [1.29, 1.82) is 0 Å². The zero-order chi connectivity index (χ0) is 11.0. The van der Waals surface area contributed by atoms with Crippen LogP contribution in [0, 0.1) is 0 Å². The molecule has 0 rings (SSSR count). The van der Waals surface area contributed by atoms with Crippen LogP contribution in [-0.4, -0.2) is 46.1 Å². The zero-order valence-electron chi connectivity index (χ0n) is 8.58. The Morgan fingerprint density at radius 3 is 2.50 bits per heavy atom. The van der Waals surface area contributed by atoms with E-state index in [9.17, 15) is 13.2 Å². The number of carbonyl (C=O) groups excluding carboxylic acids is 1. The summed E-state index contributed by atoms with van der Waals surface area (Å²) in [6.07, 6.45) is 1.46. The highest BCUT2D eigenvalue weighted by molar-refractivity contribution is 7.90. The SMILES string of the molecule is CCOC(=O)CCNCCS(C)(=O)=O. The van der Waals surface area contributed by atoms with Gasteiger partial charge in [0.05, 0.1) is 18.8 Å². The van der Waals surface area contributed by atoms with Crippen LogP contribution < -0.4 is 5.32 Å². The minimum absolute atomic E-state index is 0.0931. The molecule has 0 bridgehead atoms. The smallest absolute Gasteiger partial charge is 0.307 e. The lowest BCUT2D eigenvalue weighted by Crippen LogP contribution is -2.25. The number of hydrogen-bond donors (Lipinski definition) is 1. The van der Waals surface area contributed by atoms with E-state index in [2.05, 4.69) is 5.32 Å². The van der Waals surface area contributed by atoms with Crippen LogP contribution in [0.4, 0.5) is 0 Å². The van der Waals surface area contributed by atoms with Crippen molar-refractivity contribution in [2.45, 2.75) is 13.3 Å². The molecule has 0 fully saturated rings. The fourth-order valence-corrected chi connectivity index (χ4v) is 1.32. The third-order valence-corrected chi connectivity index (χ3v) is 2.41. The highest BCUT2D eigenvalue weighted by Crippen LogP contribution is 1.85. The Morgan fingerprint density at radius 1 is 1.36 bits per heavy atom. The molecule has 14 heavy (non-hydrogen) atoms. The molecule has 0 atom stereocenters. The second-order valence-corrected chi connectivity index (χ2v) is 5.19. The van der Waals surface area contributed by atoms with Crippen LogP contribution in [0.15, 0.2) is 0 Å². The van der Waals surface area contributed by atoms with Gasteiger partial charge in [-0.3, -0.25) is 4.79 Å². The summed E-state index contributed by atoms with van der Waals surface area (Å²) in [6, 6.07) is 0. The van der Waals surface area contributed by atoms with Crippen LogP contribution >= 0.6 is 0 Å². The van der Waals surface area contributed by atoms with Gasteiger partial charge in [-0.25, -0.2) is 8.42 Å². The van der Waals surface area contributed by atoms with Gasteiger partial charge in [-0.15, -0.1) is 0 Å². The quantitative estimate of drug-likeness (QED) is 0.468. The number of ether oxygens (including phenoxy) is 1. The molecule has 0 saturated carbocycles. The predicted molar refractivity (Wildman–Crippen MR) is 53.8 cm³/mol. The number of hydrogen-bond acceptors (Lipinski definition) is 5. The van der Waals surface area contributed by atoms with Crippen molar-refractivity contribution in [2.75, 3.05) is 31.7 Å². The first kappa shape index (κ1) is 13.4. The molecule has 0 spiro atoms. The largest absolute Gasteiger partial charge is 0.466 e. The fraction of sp³-hybridized carbons (Fsp3) is 0.875. The predicted octanol–water partition coefficient (Wildman–Crippen LogP) is -0.426. The molecule has 84 valence electrons. The topological polar surface area (TPSA) is 72.5 Å². The summed E-state index contributed by atoms with van der Waals surface area (Å²) in [7, 11) is -2.91. The van der Waals surface area contributed by atoms with E-state index in [1.165, 1.54) is 6.26 Å². The van der Waals surface area contributed by atoms with Gasteiger partial charge >= 0.3 is 5.97 Å². The summed E-state index contributed by atoms with van der Waals surface area (Å²) in [5.41, 5.74) is 0. The molecular formula is C8H17NO4S. The van der Waals surface area contributed by atoms with E-state index in [0.717, 1.165) is 0 Å². The molecule has 0 radical (unpaired) electrons. The summed E-state index contributed by atoms with van der Waals surface area (Å²) < 4.78 is 26.1. The Morgan fingerprint density at radius 2 is 2.00 bits per heavy atom. The lowest BCUT2D eigenvalue weighted by Gasteiger charge is -2.03. The van der Waals surface area contributed by atoms with Crippen molar-refractivity contribution in [2.24, 2.45) is 0 Å². The summed E-state index contributed by atoms with van der Waals surface area (Å²) in [5, 5.41) is 2.85. The average molecular weight is 223 g/mol. The molecule has 6 heteroatoms. The first-order valence-corrected chi connectivity index (χ1v) is 6.56. The Balaban J connectivity index is 3.34. The lowest BCUT2D eigenvalue weighted by molar-refractivity contribution is -0.142. The molecule has 0 heterocycles. The van der Waals surface area contributed by atoms with E-state index in [0.29, 0.717) is 19.7 Å². The van der Waals surface area contributed by atoms with Gasteiger partial charge in [0.15, 0.2) is 0 Å². The van der Waals surface area contributed by atoms with Gasteiger partial charge in [0, 0.05) is 19.3 Å². The summed E-state index contributed by atoms with van der Waals surface area (Å²) in [4.78, 5) is 10.8. The molecule has 5 nitrogen and oxygen atoms in total. The molecule has 1 N–H and O–H groups in total. The van der Waals surface area contributed by atoms with Gasteiger partial charge in [-0.05, 0) is 6.92 Å². The van der Waals surface area contributed by atoms with E-state index in [1.807, 2.05) is 0 Å². The van der Waals surface area contributed by atoms with Crippen LogP contribution in [0.2, 0.25) is 0 Å². The summed E-state index contributed by atoms with van der Waals surface area (Å²) in [6.45, 7) is 2.95. The number of nitrogens with one attached hydrogen (secondary N) is 1. The van der Waals surface area contributed by atoms with E-state index in [-0.39, 0.29) is 18.1 Å². The van der Waals surface area contributed by atoms with Gasteiger partial charge in [0.25, 0.3) is 0 Å². The van der Waals surface area contributed by atoms with Crippen molar-refractivity contribution in [1.82, 2.24) is 5.32 Å². The fourth-order valence-electron chi connectivity index (χ4n) is 0.806. The van der Waals surface area contributed by atoms with Gasteiger partial charge in [-0.1, -0.05) is 0 Å². The lowest BCUT2D eigenvalue weighted by atomic mass is 10.4. The average Bonchev–Trinajstić information content (AvgIpc) is 2.02. The summed E-state index contributed by atoms with van der Waals surface area (Å²) >= 11 is 0. The Hall–Kier alpha value is -0.620. The molecule has 0 amide bonds.